The van der Waals surface area contributed by atoms with Crippen LogP contribution in [0.4, 0.5) is 0 Å². The van der Waals surface area contributed by atoms with Crippen molar-refractivity contribution in [2.75, 3.05) is 20.7 Å². The largest absolute Gasteiger partial charge is 0.380 e. The van der Waals surface area contributed by atoms with Gasteiger partial charge in [0.15, 0.2) is 0 Å². The molecule has 2 atom stereocenters. The van der Waals surface area contributed by atoms with Gasteiger partial charge in [-0.25, -0.2) is 0 Å². The highest BCUT2D eigenvalue weighted by atomic mass is 16.5. The van der Waals surface area contributed by atoms with Crippen LogP contribution in [-0.4, -0.2) is 37.7 Å². The summed E-state index contributed by atoms with van der Waals surface area (Å²) >= 11 is 0. The number of hydrogen-bond donors (Lipinski definition) is 0. The lowest BCUT2D eigenvalue weighted by molar-refractivity contribution is 0.111. The van der Waals surface area contributed by atoms with Crippen molar-refractivity contribution >= 4 is 0 Å². The van der Waals surface area contributed by atoms with Gasteiger partial charge in [-0.1, -0.05) is 0 Å². The molecule has 54 valence electrons. The molecule has 0 amide bonds. The van der Waals surface area contributed by atoms with Crippen LogP contribution in [0.25, 0.3) is 0 Å². The number of ether oxygens (including phenoxy) is 1. The molecule has 0 N–H and O–H groups in total. The average molecular weight is 129 g/mol. The summed E-state index contributed by atoms with van der Waals surface area (Å²) in [6.07, 6.45) is 1.66. The summed E-state index contributed by atoms with van der Waals surface area (Å²) in [7, 11) is 3.93. The zero-order valence-corrected chi connectivity index (χ0v) is 6.42. The molecule has 1 heterocycles. The Kier molecular flexibility index (Phi) is 2.09. The molecule has 0 aliphatic carbocycles. The molecule has 1 fully saturated rings. The molecule has 0 aromatic rings. The summed E-state index contributed by atoms with van der Waals surface area (Å²) in [6.45, 7) is 3.33. The predicted molar refractivity (Wildman–Crippen MR) is 37.5 cm³/mol. The first kappa shape index (κ1) is 7.03. The highest BCUT2D eigenvalue weighted by Gasteiger charge is 2.25. The SMILES string of the molecule is CO[C@H]1C[C@@H](C)N(C)C1. The van der Waals surface area contributed by atoms with Crippen molar-refractivity contribution in [1.82, 2.24) is 4.90 Å². The van der Waals surface area contributed by atoms with E-state index in [1.165, 1.54) is 6.42 Å². The van der Waals surface area contributed by atoms with E-state index in [-0.39, 0.29) is 0 Å². The van der Waals surface area contributed by atoms with Crippen LogP contribution in [0.15, 0.2) is 0 Å². The molecule has 0 aromatic heterocycles. The minimum absolute atomic E-state index is 0.477. The second kappa shape index (κ2) is 2.67. The molecule has 0 saturated carbocycles. The second-order valence-electron chi connectivity index (χ2n) is 2.88. The Balaban J connectivity index is 2.35. The van der Waals surface area contributed by atoms with E-state index in [2.05, 4.69) is 18.9 Å². The molecule has 9 heavy (non-hydrogen) atoms. The third-order valence-electron chi connectivity index (χ3n) is 2.18. The lowest BCUT2D eigenvalue weighted by atomic mass is 10.2. The van der Waals surface area contributed by atoms with Crippen LogP contribution in [0.3, 0.4) is 0 Å². The molecule has 0 unspecified atom stereocenters. The van der Waals surface area contributed by atoms with Crippen LogP contribution in [0, 0.1) is 0 Å². The maximum atomic E-state index is 5.21. The molecule has 1 aliphatic rings. The van der Waals surface area contributed by atoms with E-state index >= 15 is 0 Å². The zero-order valence-electron chi connectivity index (χ0n) is 6.42. The van der Waals surface area contributed by atoms with Gasteiger partial charge in [-0.05, 0) is 20.4 Å². The van der Waals surface area contributed by atoms with Crippen molar-refractivity contribution in [3.05, 3.63) is 0 Å². The summed E-state index contributed by atoms with van der Waals surface area (Å²) in [6, 6.07) is 0.704. The van der Waals surface area contributed by atoms with Gasteiger partial charge in [-0.2, -0.15) is 0 Å². The van der Waals surface area contributed by atoms with Gasteiger partial charge in [-0.15, -0.1) is 0 Å². The number of likely N-dealkylation sites (tertiary alicyclic amines) is 1. The molecule has 0 bridgehead atoms. The fourth-order valence-electron chi connectivity index (χ4n) is 1.31. The fraction of sp³-hybridized carbons (Fsp3) is 1.00. The van der Waals surface area contributed by atoms with E-state index in [0.717, 1.165) is 6.54 Å². The van der Waals surface area contributed by atoms with Gasteiger partial charge in [0.05, 0.1) is 6.10 Å². The fourth-order valence-corrected chi connectivity index (χ4v) is 1.31. The average Bonchev–Trinajstić information content (AvgIpc) is 2.13. The van der Waals surface area contributed by atoms with E-state index < -0.39 is 0 Å². The highest BCUT2D eigenvalue weighted by molar-refractivity contribution is 4.79. The van der Waals surface area contributed by atoms with Crippen molar-refractivity contribution in [2.24, 2.45) is 0 Å². The molecular formula is C7H15NO. The molecule has 1 aliphatic heterocycles. The Hall–Kier alpha value is -0.0800. The minimum atomic E-state index is 0.477. The van der Waals surface area contributed by atoms with Crippen LogP contribution in [0.2, 0.25) is 0 Å². The summed E-state index contributed by atoms with van der Waals surface area (Å²) in [5.41, 5.74) is 0. The molecule has 2 heteroatoms. The summed E-state index contributed by atoms with van der Waals surface area (Å²) in [5.74, 6) is 0. The first-order valence-corrected chi connectivity index (χ1v) is 3.47. The number of nitrogens with zero attached hydrogens (tertiary/aromatic N) is 1. The van der Waals surface area contributed by atoms with E-state index in [1.807, 2.05) is 0 Å². The zero-order chi connectivity index (χ0) is 6.85. The van der Waals surface area contributed by atoms with E-state index in [9.17, 15) is 0 Å². The van der Waals surface area contributed by atoms with Gasteiger partial charge in [-0.3, -0.25) is 0 Å². The Bertz CT molecular complexity index is 84.9. The first-order valence-electron chi connectivity index (χ1n) is 3.47. The molecule has 1 rings (SSSR count). The van der Waals surface area contributed by atoms with Gasteiger partial charge < -0.3 is 9.64 Å². The topological polar surface area (TPSA) is 12.5 Å². The maximum absolute atomic E-state index is 5.21. The Morgan fingerprint density at radius 3 is 2.44 bits per heavy atom. The molecule has 2 nitrogen and oxygen atoms in total. The Morgan fingerprint density at radius 1 is 1.56 bits per heavy atom. The van der Waals surface area contributed by atoms with Gasteiger partial charge in [0.25, 0.3) is 0 Å². The lowest BCUT2D eigenvalue weighted by Crippen LogP contribution is -2.22. The highest BCUT2D eigenvalue weighted by Crippen LogP contribution is 2.16. The normalized spacial score (nSPS) is 37.7. The standard InChI is InChI=1S/C7H15NO/c1-6-4-7(9-3)5-8(6)2/h6-7H,4-5H2,1-3H3/t6-,7+/m1/s1. The van der Waals surface area contributed by atoms with Crippen molar-refractivity contribution in [2.45, 2.75) is 25.5 Å². The van der Waals surface area contributed by atoms with E-state index in [1.54, 1.807) is 7.11 Å². The summed E-state index contributed by atoms with van der Waals surface area (Å²) < 4.78 is 5.21. The third-order valence-corrected chi connectivity index (χ3v) is 2.18. The smallest absolute Gasteiger partial charge is 0.0713 e. The quantitative estimate of drug-likeness (QED) is 0.517. The second-order valence-corrected chi connectivity index (χ2v) is 2.88. The minimum Gasteiger partial charge on any atom is -0.380 e. The van der Waals surface area contributed by atoms with E-state index in [4.69, 9.17) is 4.74 Å². The maximum Gasteiger partial charge on any atom is 0.0713 e. The van der Waals surface area contributed by atoms with Crippen LogP contribution >= 0.6 is 0 Å². The Morgan fingerprint density at radius 2 is 2.22 bits per heavy atom. The lowest BCUT2D eigenvalue weighted by Gasteiger charge is -2.11. The first-order chi connectivity index (χ1) is 4.24. The number of methoxy groups -OCH3 is 1. The van der Waals surface area contributed by atoms with Crippen LogP contribution < -0.4 is 0 Å². The van der Waals surface area contributed by atoms with Crippen molar-refractivity contribution in [3.63, 3.8) is 0 Å². The van der Waals surface area contributed by atoms with E-state index in [0.29, 0.717) is 12.1 Å². The molecule has 1 saturated heterocycles. The summed E-state index contributed by atoms with van der Waals surface area (Å²) in [4.78, 5) is 2.33. The third kappa shape index (κ3) is 1.43. The van der Waals surface area contributed by atoms with Gasteiger partial charge in [0.2, 0.25) is 0 Å². The Labute approximate surface area is 56.8 Å². The van der Waals surface area contributed by atoms with Crippen molar-refractivity contribution < 1.29 is 4.74 Å². The predicted octanol–water partition coefficient (Wildman–Crippen LogP) is 0.725. The number of likely N-dealkylation sites (N-methyl/N-ethyl adjacent to an activating group) is 1. The molecule has 0 aromatic carbocycles. The van der Waals surface area contributed by atoms with Crippen LogP contribution in [0.5, 0.6) is 0 Å². The molecule has 0 radical (unpaired) electrons. The van der Waals surface area contributed by atoms with Crippen LogP contribution in [-0.2, 0) is 4.74 Å². The van der Waals surface area contributed by atoms with Gasteiger partial charge >= 0.3 is 0 Å². The van der Waals surface area contributed by atoms with Crippen molar-refractivity contribution in [1.29, 1.82) is 0 Å². The summed E-state index contributed by atoms with van der Waals surface area (Å²) in [5, 5.41) is 0. The van der Waals surface area contributed by atoms with Crippen LogP contribution in [0.1, 0.15) is 13.3 Å². The van der Waals surface area contributed by atoms with Gasteiger partial charge in [0, 0.05) is 19.7 Å². The van der Waals surface area contributed by atoms with Crippen molar-refractivity contribution in [3.8, 4) is 0 Å². The number of rotatable bonds is 1. The monoisotopic (exact) mass is 129 g/mol. The molecule has 0 spiro atoms. The number of hydrogen-bond acceptors (Lipinski definition) is 2. The molecular weight excluding hydrogens is 114 g/mol. The van der Waals surface area contributed by atoms with Gasteiger partial charge in [0.1, 0.15) is 0 Å².